The third kappa shape index (κ3) is 1.95. The Morgan fingerprint density at radius 2 is 2.42 bits per heavy atom. The summed E-state index contributed by atoms with van der Waals surface area (Å²) in [6.45, 7) is 1.06. The van der Waals surface area contributed by atoms with E-state index < -0.39 is 0 Å². The molecule has 2 heterocycles. The molecule has 2 rings (SSSR count). The second-order valence-electron chi connectivity index (χ2n) is 2.78. The van der Waals surface area contributed by atoms with Crippen molar-refractivity contribution >= 4 is 12.4 Å². The summed E-state index contributed by atoms with van der Waals surface area (Å²) in [6, 6.07) is 0.297. The van der Waals surface area contributed by atoms with E-state index in [9.17, 15) is 0 Å². The van der Waals surface area contributed by atoms with Crippen LogP contribution in [-0.4, -0.2) is 16.7 Å². The number of rotatable bonds is 1. The smallest absolute Gasteiger partial charge is 0.243 e. The highest BCUT2D eigenvalue weighted by Gasteiger charge is 2.18. The fourth-order valence-corrected chi connectivity index (χ4v) is 1.40. The van der Waals surface area contributed by atoms with Crippen LogP contribution in [0.2, 0.25) is 0 Å². The molecule has 1 N–H and O–H groups in total. The van der Waals surface area contributed by atoms with Crippen molar-refractivity contribution in [2.24, 2.45) is 0 Å². The highest BCUT2D eigenvalue weighted by atomic mass is 35.5. The van der Waals surface area contributed by atoms with Crippen molar-refractivity contribution in [3.8, 4) is 0 Å². The third-order valence-electron chi connectivity index (χ3n) is 1.99. The van der Waals surface area contributed by atoms with Gasteiger partial charge < -0.3 is 9.84 Å². The first-order valence-corrected chi connectivity index (χ1v) is 3.97. The molecular formula is C7H12ClN3O. The molecule has 0 bridgehead atoms. The van der Waals surface area contributed by atoms with Crippen molar-refractivity contribution < 1.29 is 4.52 Å². The number of nitrogens with zero attached hydrogens (tertiary/aromatic N) is 2. The van der Waals surface area contributed by atoms with E-state index in [1.165, 1.54) is 19.2 Å². The van der Waals surface area contributed by atoms with Gasteiger partial charge in [-0.05, 0) is 19.4 Å². The molecule has 1 fully saturated rings. The van der Waals surface area contributed by atoms with Gasteiger partial charge >= 0.3 is 0 Å². The van der Waals surface area contributed by atoms with Gasteiger partial charge in [0.15, 0.2) is 6.33 Å². The maximum absolute atomic E-state index is 4.95. The molecule has 4 nitrogen and oxygen atoms in total. The minimum atomic E-state index is 0. The summed E-state index contributed by atoms with van der Waals surface area (Å²) in [5.74, 6) is 0.727. The van der Waals surface area contributed by atoms with E-state index in [1.807, 2.05) is 0 Å². The highest BCUT2D eigenvalue weighted by molar-refractivity contribution is 5.85. The Morgan fingerprint density at radius 1 is 1.50 bits per heavy atom. The Balaban J connectivity index is 0.000000720. The summed E-state index contributed by atoms with van der Waals surface area (Å²) in [7, 11) is 0. The maximum atomic E-state index is 4.95. The highest BCUT2D eigenvalue weighted by Crippen LogP contribution is 2.19. The van der Waals surface area contributed by atoms with Crippen LogP contribution in [0.3, 0.4) is 0 Å². The summed E-state index contributed by atoms with van der Waals surface area (Å²) in [6.07, 6.45) is 5.07. The van der Waals surface area contributed by atoms with E-state index >= 15 is 0 Å². The quantitative estimate of drug-likeness (QED) is 0.724. The minimum absolute atomic E-state index is 0. The molecule has 5 heteroatoms. The topological polar surface area (TPSA) is 51.0 Å². The first kappa shape index (κ1) is 9.48. The number of hydrogen-bond donors (Lipinski definition) is 1. The van der Waals surface area contributed by atoms with Crippen LogP contribution >= 0.6 is 12.4 Å². The standard InChI is InChI=1S/C7H11N3O.ClH/c1-2-4-8-6(3-1)7-9-5-10-11-7;/h5-6,8H,1-4H2;1H. The number of piperidine rings is 1. The Hall–Kier alpha value is -0.610. The van der Waals surface area contributed by atoms with Gasteiger partial charge in [0.05, 0.1) is 6.04 Å². The van der Waals surface area contributed by atoms with Crippen molar-refractivity contribution in [2.75, 3.05) is 6.54 Å². The van der Waals surface area contributed by atoms with E-state index in [-0.39, 0.29) is 12.4 Å². The summed E-state index contributed by atoms with van der Waals surface area (Å²) >= 11 is 0. The molecular weight excluding hydrogens is 178 g/mol. The molecule has 68 valence electrons. The zero-order chi connectivity index (χ0) is 7.52. The zero-order valence-corrected chi connectivity index (χ0v) is 7.51. The van der Waals surface area contributed by atoms with Crippen molar-refractivity contribution in [2.45, 2.75) is 25.3 Å². The van der Waals surface area contributed by atoms with Crippen molar-refractivity contribution in [3.63, 3.8) is 0 Å². The second kappa shape index (κ2) is 4.42. The Kier molecular flexibility index (Phi) is 3.49. The zero-order valence-electron chi connectivity index (χ0n) is 6.69. The Bertz CT molecular complexity index is 208. The fourth-order valence-electron chi connectivity index (χ4n) is 1.40. The van der Waals surface area contributed by atoms with Gasteiger partial charge in [-0.15, -0.1) is 12.4 Å². The van der Waals surface area contributed by atoms with Crippen LogP contribution in [-0.2, 0) is 0 Å². The first-order valence-electron chi connectivity index (χ1n) is 3.97. The van der Waals surface area contributed by atoms with Gasteiger partial charge in [0, 0.05) is 0 Å². The minimum Gasteiger partial charge on any atom is -0.338 e. The molecule has 0 spiro atoms. The Labute approximate surface area is 77.1 Å². The average molecular weight is 190 g/mol. The van der Waals surface area contributed by atoms with Gasteiger partial charge in [-0.25, -0.2) is 0 Å². The SMILES string of the molecule is Cl.c1noc(C2CCCCN2)n1. The van der Waals surface area contributed by atoms with Gasteiger partial charge in [0.25, 0.3) is 0 Å². The number of halogens is 1. The molecule has 0 radical (unpaired) electrons. The van der Waals surface area contributed by atoms with E-state index in [1.54, 1.807) is 0 Å². The summed E-state index contributed by atoms with van der Waals surface area (Å²) in [5.41, 5.74) is 0. The van der Waals surface area contributed by atoms with Crippen molar-refractivity contribution in [1.29, 1.82) is 0 Å². The van der Waals surface area contributed by atoms with Gasteiger partial charge in [-0.2, -0.15) is 4.98 Å². The lowest BCUT2D eigenvalue weighted by Gasteiger charge is -2.19. The molecule has 12 heavy (non-hydrogen) atoms. The van der Waals surface area contributed by atoms with Gasteiger partial charge in [-0.3, -0.25) is 0 Å². The lowest BCUT2D eigenvalue weighted by Crippen LogP contribution is -2.26. The molecule has 1 saturated heterocycles. The largest absolute Gasteiger partial charge is 0.338 e. The molecule has 0 aliphatic carbocycles. The van der Waals surface area contributed by atoms with Crippen LogP contribution in [0.25, 0.3) is 0 Å². The van der Waals surface area contributed by atoms with Crippen LogP contribution in [0.1, 0.15) is 31.2 Å². The lowest BCUT2D eigenvalue weighted by molar-refractivity contribution is 0.297. The molecule has 1 aromatic rings. The third-order valence-corrected chi connectivity index (χ3v) is 1.99. The van der Waals surface area contributed by atoms with E-state index in [4.69, 9.17) is 4.52 Å². The van der Waals surface area contributed by atoms with Crippen LogP contribution in [0.4, 0.5) is 0 Å². The van der Waals surface area contributed by atoms with Crippen molar-refractivity contribution in [3.05, 3.63) is 12.2 Å². The predicted octanol–water partition coefficient (Wildman–Crippen LogP) is 1.31. The lowest BCUT2D eigenvalue weighted by atomic mass is 10.1. The summed E-state index contributed by atoms with van der Waals surface area (Å²) < 4.78 is 4.95. The Morgan fingerprint density at radius 3 is 3.00 bits per heavy atom. The maximum Gasteiger partial charge on any atom is 0.243 e. The molecule has 1 aliphatic heterocycles. The molecule has 1 atom stereocenters. The average Bonchev–Trinajstić information content (AvgIpc) is 2.58. The number of nitrogens with one attached hydrogen (secondary N) is 1. The van der Waals surface area contributed by atoms with Gasteiger partial charge in [0.1, 0.15) is 0 Å². The summed E-state index contributed by atoms with van der Waals surface area (Å²) in [4.78, 5) is 4.00. The van der Waals surface area contributed by atoms with Crippen LogP contribution in [0, 0.1) is 0 Å². The van der Waals surface area contributed by atoms with E-state index in [0.29, 0.717) is 6.04 Å². The molecule has 0 saturated carbocycles. The van der Waals surface area contributed by atoms with Gasteiger partial charge in [-0.1, -0.05) is 11.6 Å². The van der Waals surface area contributed by atoms with Crippen molar-refractivity contribution in [1.82, 2.24) is 15.5 Å². The fraction of sp³-hybridized carbons (Fsp3) is 0.714. The van der Waals surface area contributed by atoms with E-state index in [0.717, 1.165) is 18.9 Å². The second-order valence-corrected chi connectivity index (χ2v) is 2.78. The van der Waals surface area contributed by atoms with Crippen LogP contribution < -0.4 is 5.32 Å². The van der Waals surface area contributed by atoms with E-state index in [2.05, 4.69) is 15.5 Å². The monoisotopic (exact) mass is 189 g/mol. The van der Waals surface area contributed by atoms with Crippen LogP contribution in [0.15, 0.2) is 10.9 Å². The number of aromatic nitrogens is 2. The van der Waals surface area contributed by atoms with Crippen LogP contribution in [0.5, 0.6) is 0 Å². The van der Waals surface area contributed by atoms with Gasteiger partial charge in [0.2, 0.25) is 5.89 Å². The molecule has 1 aromatic heterocycles. The molecule has 0 amide bonds. The molecule has 0 aromatic carbocycles. The number of hydrogen-bond acceptors (Lipinski definition) is 4. The predicted molar refractivity (Wildman–Crippen MR) is 46.1 cm³/mol. The molecule has 1 unspecified atom stereocenters. The first-order chi connectivity index (χ1) is 5.47. The normalized spacial score (nSPS) is 23.2. The summed E-state index contributed by atoms with van der Waals surface area (Å²) in [5, 5.41) is 6.90. The molecule has 1 aliphatic rings.